The van der Waals surface area contributed by atoms with Gasteiger partial charge in [0, 0.05) is 5.39 Å². The predicted molar refractivity (Wildman–Crippen MR) is 110 cm³/mol. The van der Waals surface area contributed by atoms with Gasteiger partial charge in [0.2, 0.25) is 5.76 Å². The highest BCUT2D eigenvalue weighted by molar-refractivity contribution is 5.94. The van der Waals surface area contributed by atoms with Gasteiger partial charge in [-0.1, -0.05) is 66.7 Å². The molecule has 0 amide bonds. The van der Waals surface area contributed by atoms with Crippen LogP contribution in [0.3, 0.4) is 0 Å². The molecule has 0 fully saturated rings. The van der Waals surface area contributed by atoms with E-state index in [0.29, 0.717) is 17.1 Å². The molecule has 0 saturated carbocycles. The Morgan fingerprint density at radius 1 is 0.821 bits per heavy atom. The average Bonchev–Trinajstić information content (AvgIpc) is 3.18. The SMILES string of the molecule is COc1cc(C=Cc2ccccc2)ccc1OC(=O)c1cc2ccccc2o1. The van der Waals surface area contributed by atoms with Crippen molar-refractivity contribution in [2.45, 2.75) is 0 Å². The molecule has 0 aliphatic heterocycles. The smallest absolute Gasteiger partial charge is 0.379 e. The lowest BCUT2D eigenvalue weighted by atomic mass is 10.1. The molecule has 1 aromatic heterocycles. The van der Waals surface area contributed by atoms with Gasteiger partial charge in [-0.2, -0.15) is 0 Å². The Morgan fingerprint density at radius 3 is 2.36 bits per heavy atom. The first-order chi connectivity index (χ1) is 13.7. The summed E-state index contributed by atoms with van der Waals surface area (Å²) in [4.78, 5) is 12.5. The molecule has 0 unspecified atom stereocenters. The predicted octanol–water partition coefficient (Wildman–Crippen LogP) is 5.83. The third-order valence-electron chi connectivity index (χ3n) is 4.28. The van der Waals surface area contributed by atoms with Gasteiger partial charge in [0.25, 0.3) is 0 Å². The molecular formula is C24H18O4. The van der Waals surface area contributed by atoms with Crippen molar-refractivity contribution in [2.75, 3.05) is 7.11 Å². The maximum absolute atomic E-state index is 12.5. The summed E-state index contributed by atoms with van der Waals surface area (Å²) in [6.07, 6.45) is 3.98. The van der Waals surface area contributed by atoms with Crippen LogP contribution >= 0.6 is 0 Å². The number of carbonyl (C=O) groups is 1. The summed E-state index contributed by atoms with van der Waals surface area (Å²) in [7, 11) is 1.54. The maximum atomic E-state index is 12.5. The zero-order valence-electron chi connectivity index (χ0n) is 15.3. The second kappa shape index (κ2) is 7.84. The van der Waals surface area contributed by atoms with Crippen LogP contribution in [0.5, 0.6) is 11.5 Å². The number of furan rings is 1. The van der Waals surface area contributed by atoms with Crippen molar-refractivity contribution in [3.05, 3.63) is 95.7 Å². The number of esters is 1. The molecule has 0 bridgehead atoms. The molecule has 0 N–H and O–H groups in total. The zero-order chi connectivity index (χ0) is 19.3. The molecule has 4 heteroatoms. The molecular weight excluding hydrogens is 352 g/mol. The highest BCUT2D eigenvalue weighted by Gasteiger charge is 2.17. The first-order valence-corrected chi connectivity index (χ1v) is 8.85. The van der Waals surface area contributed by atoms with E-state index >= 15 is 0 Å². The van der Waals surface area contributed by atoms with Crippen molar-refractivity contribution < 1.29 is 18.7 Å². The van der Waals surface area contributed by atoms with E-state index in [9.17, 15) is 4.79 Å². The Balaban J connectivity index is 1.54. The van der Waals surface area contributed by atoms with Crippen LogP contribution in [0.25, 0.3) is 23.1 Å². The Hall–Kier alpha value is -3.79. The van der Waals surface area contributed by atoms with Gasteiger partial charge >= 0.3 is 5.97 Å². The van der Waals surface area contributed by atoms with E-state index in [-0.39, 0.29) is 5.76 Å². The number of ether oxygens (including phenoxy) is 2. The van der Waals surface area contributed by atoms with Gasteiger partial charge in [-0.25, -0.2) is 4.79 Å². The number of benzene rings is 3. The van der Waals surface area contributed by atoms with E-state index in [2.05, 4.69) is 0 Å². The fraction of sp³-hybridized carbons (Fsp3) is 0.0417. The molecule has 138 valence electrons. The third-order valence-corrected chi connectivity index (χ3v) is 4.28. The Kier molecular flexibility index (Phi) is 4.93. The average molecular weight is 370 g/mol. The number of para-hydroxylation sites is 1. The monoisotopic (exact) mass is 370 g/mol. The van der Waals surface area contributed by atoms with E-state index in [1.807, 2.05) is 72.8 Å². The molecule has 0 radical (unpaired) electrons. The fourth-order valence-electron chi connectivity index (χ4n) is 2.86. The number of hydrogen-bond donors (Lipinski definition) is 0. The molecule has 28 heavy (non-hydrogen) atoms. The van der Waals surface area contributed by atoms with Crippen LogP contribution in [0.1, 0.15) is 21.7 Å². The Bertz CT molecular complexity index is 1110. The van der Waals surface area contributed by atoms with Gasteiger partial charge in [-0.05, 0) is 35.4 Å². The zero-order valence-corrected chi connectivity index (χ0v) is 15.3. The number of hydrogen-bond acceptors (Lipinski definition) is 4. The van der Waals surface area contributed by atoms with Gasteiger partial charge in [-0.3, -0.25) is 0 Å². The summed E-state index contributed by atoms with van der Waals surface area (Å²) in [5, 5.41) is 0.850. The fourth-order valence-corrected chi connectivity index (χ4v) is 2.86. The van der Waals surface area contributed by atoms with Crippen molar-refractivity contribution in [3.63, 3.8) is 0 Å². The van der Waals surface area contributed by atoms with E-state index in [1.54, 1.807) is 25.3 Å². The van der Waals surface area contributed by atoms with Crippen molar-refractivity contribution in [2.24, 2.45) is 0 Å². The van der Waals surface area contributed by atoms with Gasteiger partial charge in [0.1, 0.15) is 5.58 Å². The number of rotatable bonds is 5. The quantitative estimate of drug-likeness (QED) is 0.252. The van der Waals surface area contributed by atoms with Crippen LogP contribution in [0.15, 0.2) is 83.3 Å². The summed E-state index contributed by atoms with van der Waals surface area (Å²) in [5.41, 5.74) is 2.67. The van der Waals surface area contributed by atoms with Crippen LogP contribution < -0.4 is 9.47 Å². The normalized spacial score (nSPS) is 11.0. The summed E-state index contributed by atoms with van der Waals surface area (Å²) >= 11 is 0. The maximum Gasteiger partial charge on any atom is 0.379 e. The summed E-state index contributed by atoms with van der Waals surface area (Å²) < 4.78 is 16.4. The molecule has 0 spiro atoms. The minimum absolute atomic E-state index is 0.149. The van der Waals surface area contributed by atoms with Gasteiger partial charge in [-0.15, -0.1) is 0 Å². The summed E-state index contributed by atoms with van der Waals surface area (Å²) in [6.45, 7) is 0. The first-order valence-electron chi connectivity index (χ1n) is 8.85. The highest BCUT2D eigenvalue weighted by Crippen LogP contribution is 2.30. The highest BCUT2D eigenvalue weighted by atomic mass is 16.6. The van der Waals surface area contributed by atoms with Crippen molar-refractivity contribution in [1.82, 2.24) is 0 Å². The van der Waals surface area contributed by atoms with E-state index in [1.165, 1.54) is 0 Å². The van der Waals surface area contributed by atoms with Crippen LogP contribution in [-0.2, 0) is 0 Å². The minimum Gasteiger partial charge on any atom is -0.493 e. The topological polar surface area (TPSA) is 48.7 Å². The lowest BCUT2D eigenvalue weighted by Gasteiger charge is -2.09. The summed E-state index contributed by atoms with van der Waals surface area (Å²) in [5.74, 6) is 0.392. The van der Waals surface area contributed by atoms with Crippen LogP contribution in [0.4, 0.5) is 0 Å². The molecule has 0 atom stereocenters. The second-order valence-corrected chi connectivity index (χ2v) is 6.19. The van der Waals surface area contributed by atoms with E-state index < -0.39 is 5.97 Å². The molecule has 4 nitrogen and oxygen atoms in total. The summed E-state index contributed by atoms with van der Waals surface area (Å²) in [6, 6.07) is 24.5. The molecule has 0 saturated heterocycles. The number of fused-ring (bicyclic) bond motifs is 1. The van der Waals surface area contributed by atoms with Crippen LogP contribution in [-0.4, -0.2) is 13.1 Å². The molecule has 4 aromatic rings. The van der Waals surface area contributed by atoms with Crippen LogP contribution in [0.2, 0.25) is 0 Å². The van der Waals surface area contributed by atoms with Crippen molar-refractivity contribution in [1.29, 1.82) is 0 Å². The van der Waals surface area contributed by atoms with Gasteiger partial charge in [0.15, 0.2) is 11.5 Å². The first kappa shape index (κ1) is 17.6. The lowest BCUT2D eigenvalue weighted by molar-refractivity contribution is 0.0699. The van der Waals surface area contributed by atoms with Crippen molar-refractivity contribution >= 4 is 29.1 Å². The van der Waals surface area contributed by atoms with E-state index in [4.69, 9.17) is 13.9 Å². The molecule has 3 aromatic carbocycles. The molecule has 4 rings (SSSR count). The van der Waals surface area contributed by atoms with Crippen molar-refractivity contribution in [3.8, 4) is 11.5 Å². The molecule has 0 aliphatic carbocycles. The van der Waals surface area contributed by atoms with Gasteiger partial charge in [0.05, 0.1) is 7.11 Å². The largest absolute Gasteiger partial charge is 0.493 e. The number of methoxy groups -OCH3 is 1. The second-order valence-electron chi connectivity index (χ2n) is 6.19. The minimum atomic E-state index is -0.568. The van der Waals surface area contributed by atoms with Gasteiger partial charge < -0.3 is 13.9 Å². The van der Waals surface area contributed by atoms with E-state index in [0.717, 1.165) is 16.5 Å². The molecule has 0 aliphatic rings. The standard InChI is InChI=1S/C24H18O4/c1-26-22-15-18(12-11-17-7-3-2-4-8-17)13-14-21(22)28-24(25)23-16-19-9-5-6-10-20(19)27-23/h2-16H,1H3. The third kappa shape index (κ3) is 3.81. The van der Waals surface area contributed by atoms with Crippen LogP contribution in [0, 0.1) is 0 Å². The Labute approximate surface area is 162 Å². The Morgan fingerprint density at radius 2 is 1.57 bits per heavy atom. The lowest BCUT2D eigenvalue weighted by Crippen LogP contribution is -2.08. The molecule has 1 heterocycles. The number of carbonyl (C=O) groups excluding carboxylic acids is 1.